The lowest BCUT2D eigenvalue weighted by Crippen LogP contribution is -2.43. The van der Waals surface area contributed by atoms with Crippen LogP contribution in [0.4, 0.5) is 10.5 Å². The highest BCUT2D eigenvalue weighted by atomic mass is 16.4. The molecule has 1 saturated heterocycles. The minimum absolute atomic E-state index is 0.0613. The molecule has 1 fully saturated rings. The topological polar surface area (TPSA) is 81.7 Å². The van der Waals surface area contributed by atoms with Gasteiger partial charge in [0.1, 0.15) is 0 Å². The minimum Gasteiger partial charge on any atom is -0.481 e. The van der Waals surface area contributed by atoms with Crippen molar-refractivity contribution in [1.29, 1.82) is 0 Å². The predicted octanol–water partition coefficient (Wildman–Crippen LogP) is 1.04. The van der Waals surface area contributed by atoms with Gasteiger partial charge >= 0.3 is 12.0 Å². The SMILES string of the molecule is O=C(O)CCNC(=O)NC1CCN(c2ccccc2)C1. The number of nitrogens with zero attached hydrogens (tertiary/aromatic N) is 1. The summed E-state index contributed by atoms with van der Waals surface area (Å²) in [5.41, 5.74) is 1.16. The van der Waals surface area contributed by atoms with Gasteiger partial charge in [-0.25, -0.2) is 4.79 Å². The molecule has 1 aromatic rings. The number of carbonyl (C=O) groups is 2. The fourth-order valence-corrected chi connectivity index (χ4v) is 2.27. The molecule has 108 valence electrons. The fraction of sp³-hybridized carbons (Fsp3) is 0.429. The monoisotopic (exact) mass is 277 g/mol. The number of carboxylic acids is 1. The molecular formula is C14H19N3O3. The van der Waals surface area contributed by atoms with Gasteiger partial charge in [-0.1, -0.05) is 18.2 Å². The summed E-state index contributed by atoms with van der Waals surface area (Å²) in [5, 5.41) is 13.9. The van der Waals surface area contributed by atoms with Crippen molar-refractivity contribution in [1.82, 2.24) is 10.6 Å². The first kappa shape index (κ1) is 14.2. The van der Waals surface area contributed by atoms with Crippen LogP contribution in [0.1, 0.15) is 12.8 Å². The molecule has 20 heavy (non-hydrogen) atoms. The molecule has 1 unspecified atom stereocenters. The average molecular weight is 277 g/mol. The number of benzene rings is 1. The molecular weight excluding hydrogens is 258 g/mol. The number of carboxylic acid groups (broad SMARTS) is 1. The van der Waals surface area contributed by atoms with Crippen LogP contribution in [-0.2, 0) is 4.79 Å². The van der Waals surface area contributed by atoms with Crippen LogP contribution in [-0.4, -0.2) is 42.8 Å². The Hall–Kier alpha value is -2.24. The van der Waals surface area contributed by atoms with E-state index in [1.807, 2.05) is 18.2 Å². The van der Waals surface area contributed by atoms with E-state index < -0.39 is 5.97 Å². The first-order chi connectivity index (χ1) is 9.65. The summed E-state index contributed by atoms with van der Waals surface area (Å²) < 4.78 is 0. The van der Waals surface area contributed by atoms with Gasteiger partial charge in [0.15, 0.2) is 0 Å². The summed E-state index contributed by atoms with van der Waals surface area (Å²) in [4.78, 5) is 24.2. The van der Waals surface area contributed by atoms with E-state index in [1.165, 1.54) is 0 Å². The Kier molecular flexibility index (Phi) is 4.81. The zero-order chi connectivity index (χ0) is 14.4. The van der Waals surface area contributed by atoms with Crippen LogP contribution in [0, 0.1) is 0 Å². The normalized spacial score (nSPS) is 17.8. The van der Waals surface area contributed by atoms with E-state index in [-0.39, 0.29) is 25.0 Å². The van der Waals surface area contributed by atoms with Crippen molar-refractivity contribution in [3.05, 3.63) is 30.3 Å². The van der Waals surface area contributed by atoms with Crippen molar-refractivity contribution in [2.75, 3.05) is 24.5 Å². The molecule has 2 rings (SSSR count). The first-order valence-electron chi connectivity index (χ1n) is 6.71. The first-order valence-corrected chi connectivity index (χ1v) is 6.71. The highest BCUT2D eigenvalue weighted by Crippen LogP contribution is 2.19. The number of carbonyl (C=O) groups excluding carboxylic acids is 1. The molecule has 0 bridgehead atoms. The standard InChI is InChI=1S/C14H19N3O3/c18-13(19)6-8-15-14(20)16-11-7-9-17(10-11)12-4-2-1-3-5-12/h1-5,11H,6-10H2,(H,18,19)(H2,15,16,20). The lowest BCUT2D eigenvalue weighted by atomic mass is 10.3. The second kappa shape index (κ2) is 6.79. The molecule has 1 heterocycles. The summed E-state index contributed by atoms with van der Waals surface area (Å²) >= 11 is 0. The number of anilines is 1. The van der Waals surface area contributed by atoms with Crippen LogP contribution in [0.2, 0.25) is 0 Å². The molecule has 1 aliphatic rings. The molecule has 0 radical (unpaired) electrons. The van der Waals surface area contributed by atoms with Gasteiger partial charge in [0.25, 0.3) is 0 Å². The fourth-order valence-electron chi connectivity index (χ4n) is 2.27. The molecule has 1 aromatic carbocycles. The van der Waals surface area contributed by atoms with Crippen LogP contribution >= 0.6 is 0 Å². The Morgan fingerprint density at radius 2 is 2.05 bits per heavy atom. The second-order valence-corrected chi connectivity index (χ2v) is 4.81. The zero-order valence-corrected chi connectivity index (χ0v) is 11.2. The molecule has 0 aliphatic carbocycles. The molecule has 1 aliphatic heterocycles. The van der Waals surface area contributed by atoms with Crippen molar-refractivity contribution in [2.24, 2.45) is 0 Å². The number of amides is 2. The molecule has 6 nitrogen and oxygen atoms in total. The number of para-hydroxylation sites is 1. The highest BCUT2D eigenvalue weighted by Gasteiger charge is 2.23. The van der Waals surface area contributed by atoms with E-state index in [1.54, 1.807) is 0 Å². The number of hydrogen-bond donors (Lipinski definition) is 3. The lowest BCUT2D eigenvalue weighted by molar-refractivity contribution is -0.136. The summed E-state index contributed by atoms with van der Waals surface area (Å²) in [5.74, 6) is -0.915. The van der Waals surface area contributed by atoms with Gasteiger partial charge in [-0.2, -0.15) is 0 Å². The largest absolute Gasteiger partial charge is 0.481 e. The maximum atomic E-state index is 11.6. The Bertz CT molecular complexity index is 464. The lowest BCUT2D eigenvalue weighted by Gasteiger charge is -2.19. The number of urea groups is 1. The van der Waals surface area contributed by atoms with Crippen LogP contribution in [0.15, 0.2) is 30.3 Å². The van der Waals surface area contributed by atoms with E-state index in [0.29, 0.717) is 0 Å². The maximum Gasteiger partial charge on any atom is 0.315 e. The predicted molar refractivity (Wildman–Crippen MR) is 75.8 cm³/mol. The highest BCUT2D eigenvalue weighted by molar-refractivity contribution is 5.75. The Labute approximate surface area is 117 Å². The Morgan fingerprint density at radius 1 is 1.30 bits per heavy atom. The van der Waals surface area contributed by atoms with E-state index in [0.717, 1.165) is 25.2 Å². The van der Waals surface area contributed by atoms with Crippen molar-refractivity contribution in [2.45, 2.75) is 18.9 Å². The smallest absolute Gasteiger partial charge is 0.315 e. The molecule has 0 aromatic heterocycles. The molecule has 2 amide bonds. The van der Waals surface area contributed by atoms with E-state index in [9.17, 15) is 9.59 Å². The number of aliphatic carboxylic acids is 1. The van der Waals surface area contributed by atoms with E-state index in [2.05, 4.69) is 27.7 Å². The van der Waals surface area contributed by atoms with Gasteiger partial charge in [-0.15, -0.1) is 0 Å². The Balaban J connectivity index is 1.73. The molecule has 1 atom stereocenters. The third-order valence-corrected chi connectivity index (χ3v) is 3.27. The van der Waals surface area contributed by atoms with Crippen LogP contribution in [0.5, 0.6) is 0 Å². The van der Waals surface area contributed by atoms with Crippen LogP contribution in [0.25, 0.3) is 0 Å². The van der Waals surface area contributed by atoms with Gasteiger partial charge in [0.2, 0.25) is 0 Å². The zero-order valence-electron chi connectivity index (χ0n) is 11.2. The van der Waals surface area contributed by atoms with Crippen molar-refractivity contribution in [3.63, 3.8) is 0 Å². The second-order valence-electron chi connectivity index (χ2n) is 4.81. The van der Waals surface area contributed by atoms with Crippen molar-refractivity contribution in [3.8, 4) is 0 Å². The van der Waals surface area contributed by atoms with E-state index in [4.69, 9.17) is 5.11 Å². The van der Waals surface area contributed by atoms with Crippen molar-refractivity contribution >= 4 is 17.7 Å². The van der Waals surface area contributed by atoms with Crippen LogP contribution < -0.4 is 15.5 Å². The number of rotatable bonds is 5. The van der Waals surface area contributed by atoms with Gasteiger partial charge in [0.05, 0.1) is 6.42 Å². The summed E-state index contributed by atoms with van der Waals surface area (Å²) in [7, 11) is 0. The maximum absolute atomic E-state index is 11.6. The number of hydrogen-bond acceptors (Lipinski definition) is 3. The quantitative estimate of drug-likeness (QED) is 0.751. The third kappa shape index (κ3) is 4.15. The molecule has 0 spiro atoms. The van der Waals surface area contributed by atoms with Gasteiger partial charge in [0, 0.05) is 31.4 Å². The van der Waals surface area contributed by atoms with Gasteiger partial charge in [-0.05, 0) is 18.6 Å². The van der Waals surface area contributed by atoms with E-state index >= 15 is 0 Å². The average Bonchev–Trinajstić information content (AvgIpc) is 2.88. The van der Waals surface area contributed by atoms with Crippen molar-refractivity contribution < 1.29 is 14.7 Å². The van der Waals surface area contributed by atoms with Crippen LogP contribution in [0.3, 0.4) is 0 Å². The van der Waals surface area contributed by atoms with Gasteiger partial charge < -0.3 is 20.6 Å². The van der Waals surface area contributed by atoms with Gasteiger partial charge in [-0.3, -0.25) is 4.79 Å². The summed E-state index contributed by atoms with van der Waals surface area (Å²) in [6.07, 6.45) is 0.829. The summed E-state index contributed by atoms with van der Waals surface area (Å²) in [6.45, 7) is 1.83. The third-order valence-electron chi connectivity index (χ3n) is 3.27. The summed E-state index contributed by atoms with van der Waals surface area (Å²) in [6, 6.07) is 9.87. The Morgan fingerprint density at radius 3 is 2.75 bits per heavy atom. The minimum atomic E-state index is -0.915. The number of nitrogens with one attached hydrogen (secondary N) is 2. The molecule has 6 heteroatoms. The molecule has 0 saturated carbocycles. The molecule has 3 N–H and O–H groups in total.